The van der Waals surface area contributed by atoms with Crippen LogP contribution in [0.1, 0.15) is 38.2 Å². The zero-order valence-corrected chi connectivity index (χ0v) is 19.7. The van der Waals surface area contributed by atoms with Gasteiger partial charge in [0.25, 0.3) is 5.91 Å². The molecule has 2 amide bonds. The molecule has 158 valence electrons. The lowest BCUT2D eigenvalue weighted by atomic mass is 10.2. The highest BCUT2D eigenvalue weighted by atomic mass is 127. The molecular formula is C23H25IN2O4. The van der Waals surface area contributed by atoms with Crippen molar-refractivity contribution in [2.75, 3.05) is 11.5 Å². The second kappa shape index (κ2) is 9.18. The van der Waals surface area contributed by atoms with Crippen molar-refractivity contribution < 1.29 is 19.1 Å². The van der Waals surface area contributed by atoms with Gasteiger partial charge in [-0.15, -0.1) is 0 Å². The highest BCUT2D eigenvalue weighted by Gasteiger charge is 2.32. The number of imide groups is 1. The van der Waals surface area contributed by atoms with Crippen LogP contribution < -0.4 is 4.90 Å². The molecule has 0 atom stereocenters. The van der Waals surface area contributed by atoms with Gasteiger partial charge in [0.1, 0.15) is 18.0 Å². The smallest absolute Gasteiger partial charge is 0.422 e. The molecule has 0 N–H and O–H groups in total. The number of halogens is 1. The van der Waals surface area contributed by atoms with Gasteiger partial charge < -0.3 is 14.0 Å². The molecule has 0 aliphatic heterocycles. The van der Waals surface area contributed by atoms with Crippen LogP contribution in [-0.2, 0) is 16.2 Å². The molecule has 0 radical (unpaired) electrons. The summed E-state index contributed by atoms with van der Waals surface area (Å²) >= 11 is 2.11. The molecule has 0 bridgehead atoms. The van der Waals surface area contributed by atoms with Crippen LogP contribution in [0.25, 0.3) is 10.9 Å². The first-order valence-electron chi connectivity index (χ1n) is 9.71. The number of rotatable bonds is 5. The molecule has 7 heteroatoms. The number of para-hydroxylation sites is 2. The minimum Gasteiger partial charge on any atom is -0.443 e. The fourth-order valence-electron chi connectivity index (χ4n) is 3.06. The predicted octanol–water partition coefficient (Wildman–Crippen LogP) is 5.82. The highest BCUT2D eigenvalue weighted by Crippen LogP contribution is 2.28. The second-order valence-electron chi connectivity index (χ2n) is 7.71. The van der Waals surface area contributed by atoms with Gasteiger partial charge in [0.2, 0.25) is 0 Å². The molecule has 6 nitrogen and oxygen atoms in total. The van der Waals surface area contributed by atoms with E-state index in [-0.39, 0.29) is 6.73 Å². The minimum absolute atomic E-state index is 0.207. The first-order valence-corrected chi connectivity index (χ1v) is 10.8. The van der Waals surface area contributed by atoms with Crippen molar-refractivity contribution >= 4 is 51.2 Å². The summed E-state index contributed by atoms with van der Waals surface area (Å²) in [6, 6.07) is 16.7. The number of carbonyl (C=O) groups excluding carboxylic acids is 2. The first kappa shape index (κ1) is 22.3. The zero-order chi connectivity index (χ0) is 21.9. The summed E-state index contributed by atoms with van der Waals surface area (Å²) in [6.45, 7) is 7.93. The van der Waals surface area contributed by atoms with E-state index in [1.165, 1.54) is 0 Å². The van der Waals surface area contributed by atoms with E-state index < -0.39 is 17.6 Å². The van der Waals surface area contributed by atoms with Gasteiger partial charge in [0, 0.05) is 15.6 Å². The fourth-order valence-corrected chi connectivity index (χ4v) is 3.68. The lowest BCUT2D eigenvalue weighted by Gasteiger charge is -2.27. The molecule has 0 saturated carbocycles. The average molecular weight is 520 g/mol. The van der Waals surface area contributed by atoms with Crippen LogP contribution in [0, 0.1) is 3.57 Å². The first-order chi connectivity index (χ1) is 14.2. The summed E-state index contributed by atoms with van der Waals surface area (Å²) in [7, 11) is 0. The number of carbonyl (C=O) groups is 2. The van der Waals surface area contributed by atoms with Gasteiger partial charge in [0.05, 0.1) is 11.2 Å². The van der Waals surface area contributed by atoms with E-state index in [9.17, 15) is 9.59 Å². The lowest BCUT2D eigenvalue weighted by molar-refractivity contribution is 0.0557. The fraction of sp³-hybridized carbons (Fsp3) is 0.304. The van der Waals surface area contributed by atoms with Gasteiger partial charge in [-0.3, -0.25) is 4.79 Å². The molecule has 0 aliphatic rings. The highest BCUT2D eigenvalue weighted by molar-refractivity contribution is 14.1. The van der Waals surface area contributed by atoms with Crippen LogP contribution in [0.5, 0.6) is 0 Å². The molecular weight excluding hydrogens is 495 g/mol. The van der Waals surface area contributed by atoms with Gasteiger partial charge in [-0.05, 0) is 74.6 Å². The van der Waals surface area contributed by atoms with Crippen LogP contribution in [0.4, 0.5) is 10.5 Å². The number of amides is 2. The number of ether oxygens (including phenoxy) is 2. The number of hydrogen-bond acceptors (Lipinski definition) is 4. The molecule has 1 heterocycles. The van der Waals surface area contributed by atoms with Crippen molar-refractivity contribution in [3.8, 4) is 0 Å². The third kappa shape index (κ3) is 4.84. The summed E-state index contributed by atoms with van der Waals surface area (Å²) in [4.78, 5) is 27.9. The van der Waals surface area contributed by atoms with E-state index in [0.717, 1.165) is 19.4 Å². The average Bonchev–Trinajstić information content (AvgIpc) is 3.05. The lowest BCUT2D eigenvalue weighted by Crippen LogP contribution is -2.42. The Hall–Kier alpha value is -2.39. The summed E-state index contributed by atoms with van der Waals surface area (Å²) in [5.74, 6) is -0.468. The molecule has 0 spiro atoms. The van der Waals surface area contributed by atoms with Gasteiger partial charge in [-0.2, -0.15) is 0 Å². The van der Waals surface area contributed by atoms with E-state index in [2.05, 4.69) is 22.6 Å². The number of benzene rings is 2. The van der Waals surface area contributed by atoms with Crippen LogP contribution in [0.2, 0.25) is 0 Å². The number of anilines is 1. The molecule has 1 aromatic heterocycles. The third-order valence-corrected chi connectivity index (χ3v) is 5.24. The minimum atomic E-state index is -0.742. The van der Waals surface area contributed by atoms with Crippen molar-refractivity contribution in [1.29, 1.82) is 0 Å². The molecule has 0 fully saturated rings. The molecule has 0 aliphatic carbocycles. The largest absolute Gasteiger partial charge is 0.443 e. The maximum atomic E-state index is 13.7. The summed E-state index contributed by atoms with van der Waals surface area (Å²) in [5.41, 5.74) is 0.954. The Morgan fingerprint density at radius 1 is 1.07 bits per heavy atom. The SMILES string of the molecule is CCOCn1c(C(=O)N(C(=O)OC(C)(C)C)c2ccccc2I)cc2ccccc21. The van der Waals surface area contributed by atoms with Gasteiger partial charge in [-0.25, -0.2) is 9.69 Å². The van der Waals surface area contributed by atoms with Crippen molar-refractivity contribution in [3.63, 3.8) is 0 Å². The maximum absolute atomic E-state index is 13.7. The maximum Gasteiger partial charge on any atom is 0.422 e. The third-order valence-electron chi connectivity index (χ3n) is 4.33. The monoisotopic (exact) mass is 520 g/mol. The van der Waals surface area contributed by atoms with E-state index in [1.807, 2.05) is 43.3 Å². The zero-order valence-electron chi connectivity index (χ0n) is 17.5. The number of fused-ring (bicyclic) bond motifs is 1. The van der Waals surface area contributed by atoms with Gasteiger partial charge in [-0.1, -0.05) is 30.3 Å². The topological polar surface area (TPSA) is 60.8 Å². The Balaban J connectivity index is 2.13. The Morgan fingerprint density at radius 3 is 2.40 bits per heavy atom. The van der Waals surface area contributed by atoms with E-state index >= 15 is 0 Å². The summed E-state index contributed by atoms with van der Waals surface area (Å²) in [6.07, 6.45) is -0.718. The number of nitrogens with zero attached hydrogens (tertiary/aromatic N) is 2. The van der Waals surface area contributed by atoms with Crippen LogP contribution >= 0.6 is 22.6 Å². The van der Waals surface area contributed by atoms with Crippen LogP contribution in [0.3, 0.4) is 0 Å². The van der Waals surface area contributed by atoms with Crippen molar-refractivity contribution in [1.82, 2.24) is 4.57 Å². The molecule has 0 unspecified atom stereocenters. The quantitative estimate of drug-likeness (QED) is 0.398. The van der Waals surface area contributed by atoms with Crippen molar-refractivity contribution in [3.05, 3.63) is 63.9 Å². The summed E-state index contributed by atoms with van der Waals surface area (Å²) in [5, 5.41) is 0.896. The Kier molecular flexibility index (Phi) is 6.82. The second-order valence-corrected chi connectivity index (χ2v) is 8.87. The standard InChI is InChI=1S/C23H25IN2O4/c1-5-29-15-25-18-12-8-6-10-16(18)14-20(25)21(27)26(22(28)30-23(2,3)4)19-13-9-7-11-17(19)24/h6-14H,5,15H2,1-4H3. The number of hydrogen-bond donors (Lipinski definition) is 0. The Labute approximate surface area is 189 Å². The van der Waals surface area contributed by atoms with Crippen molar-refractivity contribution in [2.24, 2.45) is 0 Å². The molecule has 3 rings (SSSR count). The Bertz CT molecular complexity index is 1070. The van der Waals surface area contributed by atoms with Gasteiger partial charge >= 0.3 is 6.09 Å². The molecule has 0 saturated heterocycles. The molecule has 2 aromatic carbocycles. The van der Waals surface area contributed by atoms with Crippen molar-refractivity contribution in [2.45, 2.75) is 40.0 Å². The van der Waals surface area contributed by atoms with E-state index in [0.29, 0.717) is 18.0 Å². The predicted molar refractivity (Wildman–Crippen MR) is 126 cm³/mol. The van der Waals surface area contributed by atoms with Gasteiger partial charge in [0.15, 0.2) is 0 Å². The van der Waals surface area contributed by atoms with Crippen LogP contribution in [-0.4, -0.2) is 28.8 Å². The molecule has 3 aromatic rings. The normalized spacial score (nSPS) is 11.5. The Morgan fingerprint density at radius 2 is 1.73 bits per heavy atom. The molecule has 30 heavy (non-hydrogen) atoms. The van der Waals surface area contributed by atoms with E-state index in [4.69, 9.17) is 9.47 Å². The van der Waals surface area contributed by atoms with E-state index in [1.54, 1.807) is 43.5 Å². The number of aromatic nitrogens is 1. The van der Waals surface area contributed by atoms with Crippen LogP contribution in [0.15, 0.2) is 54.6 Å². The summed E-state index contributed by atoms with van der Waals surface area (Å²) < 4.78 is 13.7.